The first-order valence-electron chi connectivity index (χ1n) is 17.1. The van der Waals surface area contributed by atoms with Gasteiger partial charge in [-0.1, -0.05) is 75.1 Å². The summed E-state index contributed by atoms with van der Waals surface area (Å²) in [5.41, 5.74) is 5.05. The number of allylic oxidation sites excluding steroid dienone is 10. The molecule has 0 aliphatic heterocycles. The Morgan fingerprint density at radius 3 is 2.53 bits per heavy atom. The molecule has 0 heterocycles. The largest absolute Gasteiger partial charge is 0.481 e. The summed E-state index contributed by atoms with van der Waals surface area (Å²) in [6.45, 7) is 15.2. The number of fused-ring (bicyclic) bond motifs is 1. The number of alkyl halides is 1. The van der Waals surface area contributed by atoms with Crippen LogP contribution in [0.3, 0.4) is 0 Å². The Labute approximate surface area is 287 Å². The summed E-state index contributed by atoms with van der Waals surface area (Å²) in [6.07, 6.45) is 23.8. The van der Waals surface area contributed by atoms with E-state index in [-0.39, 0.29) is 12.3 Å². The Bertz CT molecular complexity index is 1430. The highest BCUT2D eigenvalue weighted by molar-refractivity contribution is 6.19. The van der Waals surface area contributed by atoms with E-state index in [0.717, 1.165) is 37.1 Å². The summed E-state index contributed by atoms with van der Waals surface area (Å²) >= 11 is 5.85. The van der Waals surface area contributed by atoms with E-state index in [1.807, 2.05) is 60.4 Å². The highest BCUT2D eigenvalue weighted by atomic mass is 35.5. The van der Waals surface area contributed by atoms with Crippen molar-refractivity contribution in [3.05, 3.63) is 96.7 Å². The monoisotopic (exact) mass is 657 g/mol. The fraction of sp³-hybridized carbons (Fsp3) is 0.450. The summed E-state index contributed by atoms with van der Waals surface area (Å²) < 4.78 is 0. The van der Waals surface area contributed by atoms with Gasteiger partial charge in [0.2, 0.25) is 0 Å². The fourth-order valence-electron chi connectivity index (χ4n) is 6.85. The van der Waals surface area contributed by atoms with Crippen LogP contribution in [0.4, 0.5) is 11.4 Å². The molecule has 0 aromatic heterocycles. The van der Waals surface area contributed by atoms with Crippen molar-refractivity contribution in [3.63, 3.8) is 0 Å². The standard InChI is InChI=1S/C40H52ClN3O3/c1-6-11-18-30(8-3)38-34-21-14-19-32(39(34)38)28-44(10-5)40(47)31-23-24-35(42-27-29(16-7-2)17-15-25-41)36(26-31)43-33(9-4)20-12-13-22-37(45)46/h6-8,11,15-18,23-24,26-27,32,34,38-39H,1-2,9-10,12-14,19-22,25,28H2,3-5H3,(H,45,46)/b17-15-,18-11-,29-16+,30-8+,42-27+,43-33+. The van der Waals surface area contributed by atoms with Crippen molar-refractivity contribution in [2.75, 3.05) is 19.0 Å². The zero-order valence-corrected chi connectivity index (χ0v) is 29.2. The van der Waals surface area contributed by atoms with Crippen molar-refractivity contribution < 1.29 is 14.7 Å². The second-order valence-electron chi connectivity index (χ2n) is 12.2. The normalized spacial score (nSPS) is 21.7. The number of hydrogen-bond donors (Lipinski definition) is 1. The van der Waals surface area contributed by atoms with Crippen LogP contribution in [-0.4, -0.2) is 52.8 Å². The Morgan fingerprint density at radius 2 is 1.87 bits per heavy atom. The maximum Gasteiger partial charge on any atom is 0.303 e. The maximum atomic E-state index is 14.1. The molecule has 2 aliphatic rings. The minimum Gasteiger partial charge on any atom is -0.481 e. The first kappa shape index (κ1) is 37.7. The van der Waals surface area contributed by atoms with E-state index < -0.39 is 5.97 Å². The number of benzene rings is 1. The molecule has 4 atom stereocenters. The molecule has 3 rings (SSSR count). The molecule has 2 aliphatic carbocycles. The van der Waals surface area contributed by atoms with Gasteiger partial charge in [0.1, 0.15) is 0 Å². The second-order valence-corrected chi connectivity index (χ2v) is 12.5. The number of nitrogens with zero attached hydrogens (tertiary/aromatic N) is 3. The summed E-state index contributed by atoms with van der Waals surface area (Å²) in [5.74, 6) is 1.96. The molecular weight excluding hydrogens is 606 g/mol. The number of aliphatic carboxylic acids is 1. The number of carboxylic acid groups (broad SMARTS) is 1. The molecule has 1 N–H and O–H groups in total. The van der Waals surface area contributed by atoms with Crippen LogP contribution in [0.1, 0.15) is 82.5 Å². The van der Waals surface area contributed by atoms with E-state index in [2.05, 4.69) is 39.2 Å². The van der Waals surface area contributed by atoms with Gasteiger partial charge in [0.25, 0.3) is 5.91 Å². The summed E-state index contributed by atoms with van der Waals surface area (Å²) in [7, 11) is 0. The molecule has 0 bridgehead atoms. The smallest absolute Gasteiger partial charge is 0.303 e. The Kier molecular flexibility index (Phi) is 15.9. The van der Waals surface area contributed by atoms with Crippen molar-refractivity contribution in [3.8, 4) is 0 Å². The van der Waals surface area contributed by atoms with E-state index in [1.54, 1.807) is 12.3 Å². The van der Waals surface area contributed by atoms with Gasteiger partial charge in [0.15, 0.2) is 0 Å². The average Bonchev–Trinajstić information content (AvgIpc) is 3.81. The number of aliphatic imine (C=N–C) groups is 2. The van der Waals surface area contributed by atoms with Gasteiger partial charge >= 0.3 is 5.97 Å². The first-order valence-corrected chi connectivity index (χ1v) is 17.6. The first-order chi connectivity index (χ1) is 22.8. The van der Waals surface area contributed by atoms with E-state index in [9.17, 15) is 9.59 Å². The molecule has 0 spiro atoms. The average molecular weight is 658 g/mol. The lowest BCUT2D eigenvalue weighted by atomic mass is 9.88. The minimum absolute atomic E-state index is 0.00779. The van der Waals surface area contributed by atoms with Gasteiger partial charge in [-0.2, -0.15) is 0 Å². The summed E-state index contributed by atoms with van der Waals surface area (Å²) in [6, 6.07) is 5.57. The number of rotatable bonds is 19. The number of hydrogen-bond acceptors (Lipinski definition) is 4. The maximum absolute atomic E-state index is 14.1. The number of amides is 1. The van der Waals surface area contributed by atoms with Crippen LogP contribution in [0.5, 0.6) is 0 Å². The molecule has 4 unspecified atom stereocenters. The third-order valence-corrected chi connectivity index (χ3v) is 9.41. The quantitative estimate of drug-likeness (QED) is 0.0695. The van der Waals surface area contributed by atoms with Crippen molar-refractivity contribution >= 4 is 46.8 Å². The van der Waals surface area contributed by atoms with Gasteiger partial charge in [-0.15, -0.1) is 11.6 Å². The van der Waals surface area contributed by atoms with Gasteiger partial charge in [0, 0.05) is 42.9 Å². The third kappa shape index (κ3) is 11.2. The van der Waals surface area contributed by atoms with Crippen LogP contribution in [-0.2, 0) is 4.79 Å². The zero-order chi connectivity index (χ0) is 34.2. The number of halogens is 1. The molecule has 7 heteroatoms. The van der Waals surface area contributed by atoms with Crippen molar-refractivity contribution in [1.29, 1.82) is 0 Å². The van der Waals surface area contributed by atoms with E-state index in [1.165, 1.54) is 18.4 Å². The highest BCUT2D eigenvalue weighted by Crippen LogP contribution is 2.61. The summed E-state index contributed by atoms with van der Waals surface area (Å²) in [4.78, 5) is 36.8. The third-order valence-electron chi connectivity index (χ3n) is 9.23. The predicted molar refractivity (Wildman–Crippen MR) is 199 cm³/mol. The van der Waals surface area contributed by atoms with E-state index in [0.29, 0.717) is 65.9 Å². The van der Waals surface area contributed by atoms with Crippen LogP contribution in [0.15, 0.2) is 101 Å². The Balaban J connectivity index is 1.90. The fourth-order valence-corrected chi connectivity index (χ4v) is 6.94. The highest BCUT2D eigenvalue weighted by Gasteiger charge is 2.56. The minimum atomic E-state index is -0.789. The number of unbranched alkanes of at least 4 members (excludes halogenated alkanes) is 1. The molecule has 252 valence electrons. The molecule has 47 heavy (non-hydrogen) atoms. The number of carbonyl (C=O) groups excluding carboxylic acids is 1. The lowest BCUT2D eigenvalue weighted by molar-refractivity contribution is -0.137. The van der Waals surface area contributed by atoms with Gasteiger partial charge in [0.05, 0.1) is 11.4 Å². The van der Waals surface area contributed by atoms with E-state index in [4.69, 9.17) is 26.7 Å². The van der Waals surface area contributed by atoms with Crippen LogP contribution in [0.2, 0.25) is 0 Å². The molecule has 1 aromatic carbocycles. The molecule has 1 aromatic rings. The molecule has 0 saturated heterocycles. The molecule has 1 amide bonds. The molecule has 2 fully saturated rings. The van der Waals surface area contributed by atoms with Crippen LogP contribution in [0.25, 0.3) is 0 Å². The number of carboxylic acids is 1. The predicted octanol–water partition coefficient (Wildman–Crippen LogP) is 10.2. The van der Waals surface area contributed by atoms with E-state index >= 15 is 0 Å². The lowest BCUT2D eigenvalue weighted by Gasteiger charge is -2.29. The van der Waals surface area contributed by atoms with Crippen molar-refractivity contribution in [1.82, 2.24) is 4.90 Å². The van der Waals surface area contributed by atoms with Crippen molar-refractivity contribution in [2.45, 2.75) is 72.1 Å². The summed E-state index contributed by atoms with van der Waals surface area (Å²) in [5, 5.41) is 9.04. The molecular formula is C40H52ClN3O3. The van der Waals surface area contributed by atoms with Crippen LogP contribution in [0, 0.1) is 23.7 Å². The molecule has 2 saturated carbocycles. The second kappa shape index (κ2) is 19.8. The van der Waals surface area contributed by atoms with Crippen LogP contribution >= 0.6 is 11.6 Å². The molecule has 0 radical (unpaired) electrons. The lowest BCUT2D eigenvalue weighted by Crippen LogP contribution is -2.36. The Morgan fingerprint density at radius 1 is 1.09 bits per heavy atom. The van der Waals surface area contributed by atoms with Gasteiger partial charge < -0.3 is 10.0 Å². The molecule has 6 nitrogen and oxygen atoms in total. The van der Waals surface area contributed by atoms with Crippen LogP contribution < -0.4 is 0 Å². The van der Waals surface area contributed by atoms with Gasteiger partial charge in [-0.3, -0.25) is 19.6 Å². The van der Waals surface area contributed by atoms with Crippen molar-refractivity contribution in [2.24, 2.45) is 33.7 Å². The zero-order valence-electron chi connectivity index (χ0n) is 28.4. The Hall–Kier alpha value is -3.77. The number of carbonyl (C=O) groups is 2. The SMILES string of the molecule is C=C/C=C\C(=C/C)C1C2CCCC(CN(CC)C(=O)c3ccc(/N=C/C(/C=C\CCl)=C/C=C)c(/N=C(\CC)CCCCC(=O)O)c3)C21. The van der Waals surface area contributed by atoms with Gasteiger partial charge in [-0.25, -0.2) is 0 Å². The van der Waals surface area contributed by atoms with Gasteiger partial charge in [-0.05, 0) is 105 Å². The topological polar surface area (TPSA) is 82.3 Å².